The number of unbranched alkanes of at least 4 members (excludes halogenated alkanes) is 1. The van der Waals surface area contributed by atoms with Crippen LogP contribution in [0.25, 0.3) is 0 Å². The van der Waals surface area contributed by atoms with Gasteiger partial charge in [0.15, 0.2) is 5.96 Å². The summed E-state index contributed by atoms with van der Waals surface area (Å²) in [5, 5.41) is 3.30. The first-order chi connectivity index (χ1) is 9.17. The second-order valence-electron chi connectivity index (χ2n) is 4.63. The van der Waals surface area contributed by atoms with E-state index in [1.807, 2.05) is 13.1 Å². The van der Waals surface area contributed by atoms with E-state index in [0.717, 1.165) is 37.5 Å². The molecule has 0 saturated heterocycles. The summed E-state index contributed by atoms with van der Waals surface area (Å²) in [4.78, 5) is 6.37. The lowest BCUT2D eigenvalue weighted by Crippen LogP contribution is -2.40. The monoisotopic (exact) mass is 265 g/mol. The number of hydrogen-bond donors (Lipinski definition) is 1. The molecule has 106 valence electrons. The maximum atomic E-state index is 13.0. The van der Waals surface area contributed by atoms with E-state index in [1.54, 1.807) is 19.2 Å². The second kappa shape index (κ2) is 8.51. The molecule has 1 N–H and O–H groups in total. The van der Waals surface area contributed by atoms with E-state index in [4.69, 9.17) is 0 Å². The van der Waals surface area contributed by atoms with Crippen molar-refractivity contribution in [2.24, 2.45) is 4.99 Å². The maximum Gasteiger partial charge on any atom is 0.193 e. The van der Waals surface area contributed by atoms with Gasteiger partial charge in [0.2, 0.25) is 0 Å². The van der Waals surface area contributed by atoms with Crippen LogP contribution in [0.4, 0.5) is 4.39 Å². The summed E-state index contributed by atoms with van der Waals surface area (Å²) >= 11 is 0. The Morgan fingerprint density at radius 1 is 1.42 bits per heavy atom. The lowest BCUT2D eigenvalue weighted by atomic mass is 10.1. The Morgan fingerprint density at radius 2 is 2.21 bits per heavy atom. The van der Waals surface area contributed by atoms with Crippen LogP contribution < -0.4 is 5.32 Å². The van der Waals surface area contributed by atoms with E-state index < -0.39 is 0 Å². The van der Waals surface area contributed by atoms with E-state index in [2.05, 4.69) is 22.1 Å². The Bertz CT molecular complexity index is 404. The number of aliphatic imine (C=N–C) groups is 1. The Kier molecular flexibility index (Phi) is 6.93. The predicted octanol–water partition coefficient (Wildman–Crippen LogP) is 2.68. The highest BCUT2D eigenvalue weighted by atomic mass is 19.1. The van der Waals surface area contributed by atoms with E-state index in [9.17, 15) is 4.39 Å². The molecular formula is C15H24FN3. The van der Waals surface area contributed by atoms with Crippen molar-refractivity contribution in [3.8, 4) is 0 Å². The first-order valence-electron chi connectivity index (χ1n) is 6.83. The minimum Gasteiger partial charge on any atom is -0.356 e. The molecule has 0 unspecified atom stereocenters. The molecule has 0 heterocycles. The third-order valence-electron chi connectivity index (χ3n) is 3.01. The van der Waals surface area contributed by atoms with Crippen molar-refractivity contribution in [2.75, 3.05) is 27.2 Å². The van der Waals surface area contributed by atoms with Crippen LogP contribution in [0, 0.1) is 5.82 Å². The average molecular weight is 265 g/mol. The summed E-state index contributed by atoms with van der Waals surface area (Å²) in [5.74, 6) is 0.715. The number of rotatable bonds is 6. The number of guanidine groups is 1. The van der Waals surface area contributed by atoms with Gasteiger partial charge in [0.25, 0.3) is 0 Å². The Morgan fingerprint density at radius 3 is 2.84 bits per heavy atom. The predicted molar refractivity (Wildman–Crippen MR) is 79.0 cm³/mol. The number of hydrogen-bond acceptors (Lipinski definition) is 1. The molecule has 0 radical (unpaired) electrons. The molecule has 0 fully saturated rings. The molecule has 0 aliphatic heterocycles. The Labute approximate surface area is 115 Å². The highest BCUT2D eigenvalue weighted by molar-refractivity contribution is 5.79. The van der Waals surface area contributed by atoms with Crippen molar-refractivity contribution in [2.45, 2.75) is 26.2 Å². The van der Waals surface area contributed by atoms with E-state index >= 15 is 0 Å². The summed E-state index contributed by atoms with van der Waals surface area (Å²) in [7, 11) is 3.82. The van der Waals surface area contributed by atoms with Crippen LogP contribution in [0.2, 0.25) is 0 Å². The minimum atomic E-state index is -0.179. The van der Waals surface area contributed by atoms with E-state index in [1.165, 1.54) is 12.5 Å². The molecule has 1 rings (SSSR count). The zero-order valence-corrected chi connectivity index (χ0v) is 12.1. The fraction of sp³-hybridized carbons (Fsp3) is 0.533. The van der Waals surface area contributed by atoms with Crippen molar-refractivity contribution < 1.29 is 4.39 Å². The fourth-order valence-corrected chi connectivity index (χ4v) is 1.90. The molecule has 0 aliphatic carbocycles. The molecule has 0 aliphatic rings. The lowest BCUT2D eigenvalue weighted by molar-refractivity contribution is 0.465. The largest absolute Gasteiger partial charge is 0.356 e. The van der Waals surface area contributed by atoms with E-state index in [-0.39, 0.29) is 5.82 Å². The zero-order chi connectivity index (χ0) is 14.1. The number of benzene rings is 1. The van der Waals surface area contributed by atoms with Gasteiger partial charge in [0.05, 0.1) is 0 Å². The van der Waals surface area contributed by atoms with Crippen molar-refractivity contribution in [3.63, 3.8) is 0 Å². The van der Waals surface area contributed by atoms with Gasteiger partial charge in [-0.3, -0.25) is 4.99 Å². The van der Waals surface area contributed by atoms with Crippen LogP contribution in [-0.4, -0.2) is 38.0 Å². The summed E-state index contributed by atoms with van der Waals surface area (Å²) < 4.78 is 13.0. The lowest BCUT2D eigenvalue weighted by Gasteiger charge is -2.21. The summed E-state index contributed by atoms with van der Waals surface area (Å²) in [6, 6.07) is 6.72. The van der Waals surface area contributed by atoms with Gasteiger partial charge in [-0.2, -0.15) is 0 Å². The quantitative estimate of drug-likeness (QED) is 0.632. The zero-order valence-electron chi connectivity index (χ0n) is 12.1. The average Bonchev–Trinajstić information content (AvgIpc) is 2.41. The molecular weight excluding hydrogens is 241 g/mol. The van der Waals surface area contributed by atoms with Gasteiger partial charge < -0.3 is 10.2 Å². The van der Waals surface area contributed by atoms with Gasteiger partial charge in [-0.05, 0) is 30.5 Å². The Hall–Kier alpha value is -1.58. The van der Waals surface area contributed by atoms with E-state index in [0.29, 0.717) is 0 Å². The van der Waals surface area contributed by atoms with Crippen LogP contribution in [0.3, 0.4) is 0 Å². The van der Waals surface area contributed by atoms with Gasteiger partial charge in [0.1, 0.15) is 5.82 Å². The summed E-state index contributed by atoms with van der Waals surface area (Å²) in [6.45, 7) is 3.93. The molecule has 1 aromatic carbocycles. The second-order valence-corrected chi connectivity index (χ2v) is 4.63. The standard InChI is InChI=1S/C15H24FN3/c1-4-5-11-19(3)15(17-2)18-10-9-13-7-6-8-14(16)12-13/h6-8,12H,4-5,9-11H2,1-3H3,(H,17,18). The molecule has 1 aromatic rings. The molecule has 19 heavy (non-hydrogen) atoms. The first kappa shape index (κ1) is 15.5. The Balaban J connectivity index is 2.38. The molecule has 0 aromatic heterocycles. The van der Waals surface area contributed by atoms with Crippen molar-refractivity contribution >= 4 is 5.96 Å². The van der Waals surface area contributed by atoms with Crippen LogP contribution in [0.1, 0.15) is 25.3 Å². The highest BCUT2D eigenvalue weighted by Gasteiger charge is 2.04. The van der Waals surface area contributed by atoms with Gasteiger partial charge >= 0.3 is 0 Å². The highest BCUT2D eigenvalue weighted by Crippen LogP contribution is 2.03. The van der Waals surface area contributed by atoms with Crippen molar-refractivity contribution in [1.82, 2.24) is 10.2 Å². The molecule has 0 amide bonds. The summed E-state index contributed by atoms with van der Waals surface area (Å²) in [6.07, 6.45) is 3.12. The van der Waals surface area contributed by atoms with Gasteiger partial charge in [-0.15, -0.1) is 0 Å². The topological polar surface area (TPSA) is 27.6 Å². The number of halogens is 1. The molecule has 0 atom stereocenters. The normalized spacial score (nSPS) is 11.5. The van der Waals surface area contributed by atoms with Crippen LogP contribution in [-0.2, 0) is 6.42 Å². The fourth-order valence-electron chi connectivity index (χ4n) is 1.90. The third-order valence-corrected chi connectivity index (χ3v) is 3.01. The molecule has 3 nitrogen and oxygen atoms in total. The van der Waals surface area contributed by atoms with Crippen LogP contribution >= 0.6 is 0 Å². The van der Waals surface area contributed by atoms with Crippen LogP contribution in [0.5, 0.6) is 0 Å². The minimum absolute atomic E-state index is 0.179. The smallest absolute Gasteiger partial charge is 0.193 e. The van der Waals surface area contributed by atoms with Crippen molar-refractivity contribution in [3.05, 3.63) is 35.6 Å². The molecule has 4 heteroatoms. The van der Waals surface area contributed by atoms with Gasteiger partial charge in [-0.1, -0.05) is 25.5 Å². The number of nitrogens with zero attached hydrogens (tertiary/aromatic N) is 2. The number of nitrogens with one attached hydrogen (secondary N) is 1. The first-order valence-corrected chi connectivity index (χ1v) is 6.83. The van der Waals surface area contributed by atoms with Crippen molar-refractivity contribution in [1.29, 1.82) is 0 Å². The third kappa shape index (κ3) is 5.73. The van der Waals surface area contributed by atoms with Crippen LogP contribution in [0.15, 0.2) is 29.3 Å². The maximum absolute atomic E-state index is 13.0. The molecule has 0 saturated carbocycles. The van der Waals surface area contributed by atoms with Gasteiger partial charge in [-0.25, -0.2) is 4.39 Å². The molecule has 0 spiro atoms. The molecule has 0 bridgehead atoms. The van der Waals surface area contributed by atoms with Gasteiger partial charge in [0, 0.05) is 27.2 Å². The summed E-state index contributed by atoms with van der Waals surface area (Å²) in [5.41, 5.74) is 0.999. The SMILES string of the molecule is CCCCN(C)C(=NC)NCCc1cccc(F)c1.